The van der Waals surface area contributed by atoms with E-state index >= 15 is 0 Å². The number of carbonyl (C=O) groups excluding carboxylic acids is 1. The normalized spacial score (nSPS) is 9.53. The Kier molecular flexibility index (Phi) is 3.97. The Morgan fingerprint density at radius 2 is 2.13 bits per heavy atom. The summed E-state index contributed by atoms with van der Waals surface area (Å²) in [5.41, 5.74) is 0.776. The number of methoxy groups -OCH3 is 2. The van der Waals surface area contributed by atoms with Crippen molar-refractivity contribution in [1.29, 1.82) is 0 Å². The molecule has 1 amide bonds. The van der Waals surface area contributed by atoms with E-state index in [0.29, 0.717) is 11.5 Å². The monoisotopic (exact) mass is 208 g/mol. The second-order valence-corrected chi connectivity index (χ2v) is 2.95. The minimum absolute atomic E-state index is 0.165. The highest BCUT2D eigenvalue weighted by atomic mass is 16.5. The third-order valence-electron chi connectivity index (χ3n) is 2.04. The molecule has 0 aliphatic rings. The number of ether oxygens (including phenoxy) is 2. The number of amides is 1. The molecule has 0 aromatic heterocycles. The molecule has 1 radical (unpaired) electrons. The Bertz CT molecular complexity index is 350. The summed E-state index contributed by atoms with van der Waals surface area (Å²) in [4.78, 5) is 11.2. The van der Waals surface area contributed by atoms with Crippen LogP contribution in [0.25, 0.3) is 0 Å². The third-order valence-corrected chi connectivity index (χ3v) is 2.04. The van der Waals surface area contributed by atoms with Crippen molar-refractivity contribution in [2.45, 2.75) is 6.42 Å². The smallest absolute Gasteiger partial charge is 0.224 e. The van der Waals surface area contributed by atoms with Crippen LogP contribution in [-0.2, 0) is 11.2 Å². The van der Waals surface area contributed by atoms with E-state index in [1.54, 1.807) is 32.4 Å². The molecule has 1 aromatic rings. The Morgan fingerprint density at radius 1 is 1.40 bits per heavy atom. The van der Waals surface area contributed by atoms with E-state index in [2.05, 4.69) is 12.4 Å². The fourth-order valence-corrected chi connectivity index (χ4v) is 1.26. The van der Waals surface area contributed by atoms with Crippen LogP contribution in [0.1, 0.15) is 5.56 Å². The molecule has 0 heterocycles. The second kappa shape index (κ2) is 5.24. The summed E-state index contributed by atoms with van der Waals surface area (Å²) >= 11 is 0. The molecule has 0 aliphatic heterocycles. The number of benzene rings is 1. The van der Waals surface area contributed by atoms with E-state index in [1.165, 1.54) is 0 Å². The highest BCUT2D eigenvalue weighted by molar-refractivity contribution is 5.79. The molecule has 4 nitrogen and oxygen atoms in total. The minimum atomic E-state index is -0.165. The topological polar surface area (TPSA) is 47.6 Å². The molecule has 4 heteroatoms. The van der Waals surface area contributed by atoms with Gasteiger partial charge in [0.1, 0.15) is 11.5 Å². The van der Waals surface area contributed by atoms with Crippen LogP contribution in [0.2, 0.25) is 0 Å². The molecule has 0 bridgehead atoms. The van der Waals surface area contributed by atoms with Crippen molar-refractivity contribution in [3.63, 3.8) is 0 Å². The first-order chi connectivity index (χ1) is 7.21. The molecule has 1 N–H and O–H groups in total. The molecule has 15 heavy (non-hydrogen) atoms. The lowest BCUT2D eigenvalue weighted by Gasteiger charge is -2.09. The van der Waals surface area contributed by atoms with Gasteiger partial charge in [-0.25, -0.2) is 0 Å². The summed E-state index contributed by atoms with van der Waals surface area (Å²) < 4.78 is 10.2. The molecule has 81 valence electrons. The van der Waals surface area contributed by atoms with Crippen LogP contribution in [0.4, 0.5) is 0 Å². The lowest BCUT2D eigenvalue weighted by molar-refractivity contribution is -0.119. The standard InChI is InChI=1S/C11H14NO3/c1-12-11(13)7-8-6-9(14-2)4-5-10(8)15-3/h4-6H,1,7H2,2-3H3,(H,12,13). The van der Waals surface area contributed by atoms with Gasteiger partial charge in [0.25, 0.3) is 0 Å². The first-order valence-corrected chi connectivity index (χ1v) is 4.48. The van der Waals surface area contributed by atoms with Crippen LogP contribution in [0.15, 0.2) is 18.2 Å². The predicted octanol–water partition coefficient (Wildman–Crippen LogP) is 1.15. The fraction of sp³-hybridized carbons (Fsp3) is 0.273. The van der Waals surface area contributed by atoms with Crippen LogP contribution in [0.5, 0.6) is 11.5 Å². The number of hydrogen-bond acceptors (Lipinski definition) is 3. The highest BCUT2D eigenvalue weighted by Crippen LogP contribution is 2.24. The maximum atomic E-state index is 11.2. The quantitative estimate of drug-likeness (QED) is 0.807. The summed E-state index contributed by atoms with van der Waals surface area (Å²) in [6, 6.07) is 5.32. The molecule has 0 spiro atoms. The summed E-state index contributed by atoms with van der Waals surface area (Å²) in [6.07, 6.45) is 0.226. The largest absolute Gasteiger partial charge is 0.497 e. The lowest BCUT2D eigenvalue weighted by Crippen LogP contribution is -2.18. The van der Waals surface area contributed by atoms with Gasteiger partial charge in [0.15, 0.2) is 0 Å². The molecular formula is C11H14NO3. The van der Waals surface area contributed by atoms with Crippen molar-refractivity contribution in [2.24, 2.45) is 0 Å². The molecule has 0 fully saturated rings. The fourth-order valence-electron chi connectivity index (χ4n) is 1.26. The third kappa shape index (κ3) is 2.87. The van der Waals surface area contributed by atoms with E-state index < -0.39 is 0 Å². The molecule has 1 rings (SSSR count). The molecule has 0 saturated heterocycles. The van der Waals surface area contributed by atoms with Crippen molar-refractivity contribution in [1.82, 2.24) is 5.32 Å². The van der Waals surface area contributed by atoms with Gasteiger partial charge >= 0.3 is 0 Å². The van der Waals surface area contributed by atoms with Crippen LogP contribution in [0.3, 0.4) is 0 Å². The summed E-state index contributed by atoms with van der Waals surface area (Å²) in [6.45, 7) is 0. The van der Waals surface area contributed by atoms with Gasteiger partial charge in [0.05, 0.1) is 20.6 Å². The van der Waals surface area contributed by atoms with Crippen molar-refractivity contribution >= 4 is 5.91 Å². The molecule has 0 aliphatic carbocycles. The van der Waals surface area contributed by atoms with Crippen molar-refractivity contribution in [3.8, 4) is 11.5 Å². The molecule has 0 unspecified atom stereocenters. The maximum absolute atomic E-state index is 11.2. The van der Waals surface area contributed by atoms with E-state index in [4.69, 9.17) is 9.47 Å². The summed E-state index contributed by atoms with van der Waals surface area (Å²) in [7, 11) is 6.45. The van der Waals surface area contributed by atoms with Crippen LogP contribution in [-0.4, -0.2) is 20.1 Å². The van der Waals surface area contributed by atoms with E-state index in [0.717, 1.165) is 5.56 Å². The first-order valence-electron chi connectivity index (χ1n) is 4.48. The zero-order valence-corrected chi connectivity index (χ0v) is 8.87. The highest BCUT2D eigenvalue weighted by Gasteiger charge is 2.08. The van der Waals surface area contributed by atoms with Crippen molar-refractivity contribution in [3.05, 3.63) is 30.8 Å². The van der Waals surface area contributed by atoms with Gasteiger partial charge in [0, 0.05) is 12.6 Å². The van der Waals surface area contributed by atoms with Gasteiger partial charge < -0.3 is 14.8 Å². The molecular weight excluding hydrogens is 194 g/mol. The average molecular weight is 208 g/mol. The van der Waals surface area contributed by atoms with E-state index in [1.807, 2.05) is 0 Å². The van der Waals surface area contributed by atoms with Crippen molar-refractivity contribution < 1.29 is 14.3 Å². The maximum Gasteiger partial charge on any atom is 0.224 e. The number of rotatable bonds is 4. The molecule has 0 saturated carbocycles. The van der Waals surface area contributed by atoms with Crippen molar-refractivity contribution in [2.75, 3.05) is 14.2 Å². The summed E-state index contributed by atoms with van der Waals surface area (Å²) in [5, 5.41) is 2.32. The van der Waals surface area contributed by atoms with Gasteiger partial charge in [-0.05, 0) is 18.2 Å². The van der Waals surface area contributed by atoms with Crippen LogP contribution >= 0.6 is 0 Å². The zero-order valence-electron chi connectivity index (χ0n) is 8.87. The van der Waals surface area contributed by atoms with Crippen LogP contribution in [0, 0.1) is 7.05 Å². The molecule has 0 atom stereocenters. The average Bonchev–Trinajstić information content (AvgIpc) is 2.28. The summed E-state index contributed by atoms with van der Waals surface area (Å²) in [5.74, 6) is 1.20. The first kappa shape index (κ1) is 11.4. The van der Waals surface area contributed by atoms with Gasteiger partial charge in [0.2, 0.25) is 5.91 Å². The number of nitrogens with one attached hydrogen (secondary N) is 1. The van der Waals surface area contributed by atoms with E-state index in [-0.39, 0.29) is 12.3 Å². The van der Waals surface area contributed by atoms with Crippen LogP contribution < -0.4 is 14.8 Å². The van der Waals surface area contributed by atoms with E-state index in [9.17, 15) is 4.79 Å². The van der Waals surface area contributed by atoms with Gasteiger partial charge in [-0.1, -0.05) is 0 Å². The Balaban J connectivity index is 2.95. The minimum Gasteiger partial charge on any atom is -0.497 e. The predicted molar refractivity (Wildman–Crippen MR) is 56.7 cm³/mol. The SMILES string of the molecule is [CH2]NC(=O)Cc1cc(OC)ccc1OC. The molecule has 1 aromatic carbocycles. The zero-order chi connectivity index (χ0) is 11.3. The Labute approximate surface area is 89.2 Å². The number of hydrogen-bond donors (Lipinski definition) is 1. The number of carbonyl (C=O) groups is 1. The lowest BCUT2D eigenvalue weighted by atomic mass is 10.1. The Hall–Kier alpha value is -1.71. The van der Waals surface area contributed by atoms with Gasteiger partial charge in [-0.3, -0.25) is 4.79 Å². The van der Waals surface area contributed by atoms with Gasteiger partial charge in [-0.15, -0.1) is 0 Å². The second-order valence-electron chi connectivity index (χ2n) is 2.95. The van der Waals surface area contributed by atoms with Gasteiger partial charge in [-0.2, -0.15) is 0 Å². The Morgan fingerprint density at radius 3 is 2.67 bits per heavy atom.